The van der Waals surface area contributed by atoms with Crippen LogP contribution < -0.4 is 10.1 Å². The Labute approximate surface area is 127 Å². The predicted molar refractivity (Wildman–Crippen MR) is 80.8 cm³/mol. The van der Waals surface area contributed by atoms with Gasteiger partial charge in [0.05, 0.1) is 19.2 Å². The zero-order chi connectivity index (χ0) is 15.0. The van der Waals surface area contributed by atoms with Crippen LogP contribution in [0.2, 0.25) is 5.02 Å². The van der Waals surface area contributed by atoms with E-state index in [9.17, 15) is 9.90 Å². The molecule has 5 heteroatoms. The van der Waals surface area contributed by atoms with Crippen LogP contribution in [0, 0.1) is 0 Å². The average molecular weight is 304 g/mol. The van der Waals surface area contributed by atoms with Gasteiger partial charge < -0.3 is 15.2 Å². The molecular formula is C16H14ClNO3. The fourth-order valence-electron chi connectivity index (χ4n) is 2.61. The number of nitrogens with one attached hydrogen (secondary N) is 1. The SMILES string of the molecule is COc1ccccc1C(O)c1cc(Cl)cc2c1NC(=O)C2. The van der Waals surface area contributed by atoms with Crippen molar-refractivity contribution < 1.29 is 14.6 Å². The maximum atomic E-state index is 11.6. The second kappa shape index (κ2) is 5.39. The van der Waals surface area contributed by atoms with Crippen LogP contribution in [0.3, 0.4) is 0 Å². The molecule has 4 nitrogen and oxygen atoms in total. The molecule has 0 aromatic heterocycles. The molecule has 108 valence electrons. The molecule has 1 amide bonds. The van der Waals surface area contributed by atoms with Gasteiger partial charge in [0, 0.05) is 16.1 Å². The molecule has 0 spiro atoms. The molecule has 21 heavy (non-hydrogen) atoms. The van der Waals surface area contributed by atoms with Crippen molar-refractivity contribution >= 4 is 23.2 Å². The van der Waals surface area contributed by atoms with E-state index in [0.29, 0.717) is 27.6 Å². The van der Waals surface area contributed by atoms with Gasteiger partial charge in [-0.05, 0) is 23.8 Å². The van der Waals surface area contributed by atoms with Crippen molar-refractivity contribution in [3.8, 4) is 5.75 Å². The molecule has 2 aromatic rings. The summed E-state index contributed by atoms with van der Waals surface area (Å²) >= 11 is 6.10. The van der Waals surface area contributed by atoms with Crippen molar-refractivity contribution in [2.24, 2.45) is 0 Å². The number of fused-ring (bicyclic) bond motifs is 1. The van der Waals surface area contributed by atoms with E-state index in [2.05, 4.69) is 5.32 Å². The number of carbonyl (C=O) groups excluding carboxylic acids is 1. The first kappa shape index (κ1) is 13.9. The largest absolute Gasteiger partial charge is 0.496 e. The van der Waals surface area contributed by atoms with Crippen molar-refractivity contribution in [2.75, 3.05) is 12.4 Å². The standard InChI is InChI=1S/C16H14ClNO3/c1-21-13-5-3-2-4-11(13)16(20)12-8-10(17)6-9-7-14(19)18-15(9)12/h2-6,8,16,20H,7H2,1H3,(H,18,19). The van der Waals surface area contributed by atoms with E-state index < -0.39 is 6.10 Å². The van der Waals surface area contributed by atoms with Crippen LogP contribution in [0.1, 0.15) is 22.8 Å². The number of ether oxygens (including phenoxy) is 1. The monoisotopic (exact) mass is 303 g/mol. The molecule has 0 saturated heterocycles. The topological polar surface area (TPSA) is 58.6 Å². The highest BCUT2D eigenvalue weighted by molar-refractivity contribution is 6.31. The Morgan fingerprint density at radius 1 is 1.29 bits per heavy atom. The molecule has 1 heterocycles. The van der Waals surface area contributed by atoms with Crippen molar-refractivity contribution in [3.63, 3.8) is 0 Å². The predicted octanol–water partition coefficient (Wildman–Crippen LogP) is 2.92. The van der Waals surface area contributed by atoms with Gasteiger partial charge in [-0.25, -0.2) is 0 Å². The third kappa shape index (κ3) is 2.48. The molecule has 0 aliphatic carbocycles. The molecule has 1 atom stereocenters. The Morgan fingerprint density at radius 2 is 2.05 bits per heavy atom. The minimum Gasteiger partial charge on any atom is -0.496 e. The number of rotatable bonds is 3. The molecule has 0 radical (unpaired) electrons. The summed E-state index contributed by atoms with van der Waals surface area (Å²) in [5.41, 5.74) is 2.65. The smallest absolute Gasteiger partial charge is 0.228 e. The van der Waals surface area contributed by atoms with Gasteiger partial charge in [0.25, 0.3) is 0 Å². The maximum absolute atomic E-state index is 11.6. The van der Waals surface area contributed by atoms with Crippen molar-refractivity contribution in [2.45, 2.75) is 12.5 Å². The fourth-order valence-corrected chi connectivity index (χ4v) is 2.86. The molecule has 0 saturated carbocycles. The van der Waals surface area contributed by atoms with Crippen LogP contribution in [-0.4, -0.2) is 18.1 Å². The minimum atomic E-state index is -0.924. The first-order valence-corrected chi connectivity index (χ1v) is 6.91. The Balaban J connectivity index is 2.11. The highest BCUT2D eigenvalue weighted by Gasteiger charge is 2.26. The number of aliphatic hydroxyl groups is 1. The third-order valence-electron chi connectivity index (χ3n) is 3.56. The van der Waals surface area contributed by atoms with E-state index in [1.807, 2.05) is 12.1 Å². The molecule has 3 rings (SSSR count). The number of anilines is 1. The van der Waals surface area contributed by atoms with E-state index in [0.717, 1.165) is 5.56 Å². The number of aliphatic hydroxyl groups excluding tert-OH is 1. The summed E-state index contributed by atoms with van der Waals surface area (Å²) in [4.78, 5) is 11.6. The van der Waals surface area contributed by atoms with Crippen molar-refractivity contribution in [1.82, 2.24) is 0 Å². The first-order valence-electron chi connectivity index (χ1n) is 6.53. The van der Waals surface area contributed by atoms with Gasteiger partial charge in [0.15, 0.2) is 0 Å². The zero-order valence-electron chi connectivity index (χ0n) is 11.4. The lowest BCUT2D eigenvalue weighted by atomic mass is 9.97. The summed E-state index contributed by atoms with van der Waals surface area (Å²) in [5, 5.41) is 14.0. The number of amides is 1. The lowest BCUT2D eigenvalue weighted by Crippen LogP contribution is -2.08. The molecule has 0 fully saturated rings. The van der Waals surface area contributed by atoms with Crippen LogP contribution in [-0.2, 0) is 11.2 Å². The van der Waals surface area contributed by atoms with Crippen molar-refractivity contribution in [1.29, 1.82) is 0 Å². The summed E-state index contributed by atoms with van der Waals surface area (Å²) in [6, 6.07) is 10.6. The van der Waals surface area contributed by atoms with E-state index in [1.54, 1.807) is 31.4 Å². The number of hydrogen-bond donors (Lipinski definition) is 2. The van der Waals surface area contributed by atoms with Gasteiger partial charge >= 0.3 is 0 Å². The Morgan fingerprint density at radius 3 is 2.81 bits per heavy atom. The van der Waals surface area contributed by atoms with E-state index in [-0.39, 0.29) is 12.3 Å². The first-order chi connectivity index (χ1) is 10.1. The van der Waals surface area contributed by atoms with Gasteiger partial charge in [0.1, 0.15) is 11.9 Å². The normalized spacial score (nSPS) is 14.5. The number of hydrogen-bond acceptors (Lipinski definition) is 3. The van der Waals surface area contributed by atoms with Gasteiger partial charge in [-0.3, -0.25) is 4.79 Å². The highest BCUT2D eigenvalue weighted by atomic mass is 35.5. The van der Waals surface area contributed by atoms with Crippen LogP contribution >= 0.6 is 11.6 Å². The zero-order valence-corrected chi connectivity index (χ0v) is 12.1. The summed E-state index contributed by atoms with van der Waals surface area (Å²) in [6.07, 6.45) is -0.645. The van der Waals surface area contributed by atoms with Crippen LogP contribution in [0.15, 0.2) is 36.4 Å². The Bertz CT molecular complexity index is 715. The van der Waals surface area contributed by atoms with Gasteiger partial charge in [-0.15, -0.1) is 0 Å². The third-order valence-corrected chi connectivity index (χ3v) is 3.78. The van der Waals surface area contributed by atoms with Gasteiger partial charge in [0.2, 0.25) is 5.91 Å². The van der Waals surface area contributed by atoms with Crippen LogP contribution in [0.25, 0.3) is 0 Å². The number of carbonyl (C=O) groups is 1. The van der Waals surface area contributed by atoms with E-state index in [1.165, 1.54) is 0 Å². The number of methoxy groups -OCH3 is 1. The fraction of sp³-hybridized carbons (Fsp3) is 0.188. The number of benzene rings is 2. The summed E-state index contributed by atoms with van der Waals surface area (Å²) < 4.78 is 5.28. The number of halogens is 1. The highest BCUT2D eigenvalue weighted by Crippen LogP contribution is 2.39. The molecule has 2 N–H and O–H groups in total. The Hall–Kier alpha value is -2.04. The lowest BCUT2D eigenvalue weighted by Gasteiger charge is -2.18. The Kier molecular flexibility index (Phi) is 3.57. The minimum absolute atomic E-state index is 0.0965. The summed E-state index contributed by atoms with van der Waals surface area (Å²) in [5.74, 6) is 0.490. The van der Waals surface area contributed by atoms with E-state index >= 15 is 0 Å². The summed E-state index contributed by atoms with van der Waals surface area (Å²) in [7, 11) is 1.55. The molecule has 1 unspecified atom stereocenters. The second-order valence-electron chi connectivity index (χ2n) is 4.90. The molecule has 1 aliphatic rings. The van der Waals surface area contributed by atoms with E-state index in [4.69, 9.17) is 16.3 Å². The van der Waals surface area contributed by atoms with Crippen LogP contribution in [0.4, 0.5) is 5.69 Å². The van der Waals surface area contributed by atoms with Crippen LogP contribution in [0.5, 0.6) is 5.75 Å². The molecular weight excluding hydrogens is 290 g/mol. The maximum Gasteiger partial charge on any atom is 0.228 e. The molecule has 1 aliphatic heterocycles. The number of para-hydroxylation sites is 1. The lowest BCUT2D eigenvalue weighted by molar-refractivity contribution is -0.115. The average Bonchev–Trinajstić information content (AvgIpc) is 2.85. The second-order valence-corrected chi connectivity index (χ2v) is 5.34. The molecule has 0 bridgehead atoms. The van der Waals surface area contributed by atoms with Gasteiger partial charge in [-0.2, -0.15) is 0 Å². The quantitative estimate of drug-likeness (QED) is 0.916. The van der Waals surface area contributed by atoms with Gasteiger partial charge in [-0.1, -0.05) is 29.8 Å². The van der Waals surface area contributed by atoms with Crippen molar-refractivity contribution in [3.05, 3.63) is 58.1 Å². The molecule has 2 aromatic carbocycles. The summed E-state index contributed by atoms with van der Waals surface area (Å²) in [6.45, 7) is 0.